The number of nitrogens with zero attached hydrogens (tertiary/aromatic N) is 3. The molecule has 1 amide bonds. The van der Waals surface area contributed by atoms with Crippen LogP contribution >= 0.6 is 11.8 Å². The molecule has 2 aliphatic rings. The van der Waals surface area contributed by atoms with Crippen molar-refractivity contribution in [2.24, 2.45) is 5.10 Å². The van der Waals surface area contributed by atoms with E-state index >= 15 is 0 Å². The molecule has 176 valence electrons. The van der Waals surface area contributed by atoms with Crippen LogP contribution in [0.25, 0.3) is 0 Å². The Hall–Kier alpha value is -2.29. The van der Waals surface area contributed by atoms with Gasteiger partial charge in [0.15, 0.2) is 0 Å². The first-order valence-corrected chi connectivity index (χ1v) is 12.1. The molecule has 2 heterocycles. The molecule has 1 saturated heterocycles. The van der Waals surface area contributed by atoms with E-state index in [1.54, 1.807) is 6.92 Å². The Morgan fingerprint density at radius 3 is 2.61 bits per heavy atom. The Morgan fingerprint density at radius 2 is 1.91 bits per heavy atom. The van der Waals surface area contributed by atoms with E-state index < -0.39 is 22.6 Å². The normalized spacial score (nSPS) is 21.9. The van der Waals surface area contributed by atoms with Crippen molar-refractivity contribution in [1.82, 2.24) is 9.91 Å². The number of methoxy groups -OCH3 is 1. The van der Waals surface area contributed by atoms with Crippen LogP contribution in [0.1, 0.15) is 43.7 Å². The van der Waals surface area contributed by atoms with Crippen LogP contribution in [-0.2, 0) is 14.4 Å². The van der Waals surface area contributed by atoms with Crippen LogP contribution in [0.3, 0.4) is 0 Å². The van der Waals surface area contributed by atoms with Crippen LogP contribution in [-0.4, -0.2) is 53.7 Å². The molecule has 1 fully saturated rings. The molecular formula is C25H29F2N3O2S. The highest BCUT2D eigenvalue weighted by Crippen LogP contribution is 2.51. The third kappa shape index (κ3) is 4.98. The van der Waals surface area contributed by atoms with Crippen LogP contribution in [0.15, 0.2) is 53.6 Å². The maximum Gasteiger partial charge on any atom is 0.273 e. The molecule has 1 unspecified atom stereocenters. The van der Waals surface area contributed by atoms with Crippen LogP contribution in [0, 0.1) is 11.6 Å². The maximum absolute atomic E-state index is 14.7. The second-order valence-electron chi connectivity index (χ2n) is 8.46. The molecule has 8 heteroatoms. The van der Waals surface area contributed by atoms with E-state index in [0.29, 0.717) is 6.42 Å². The fraction of sp³-hybridized carbons (Fsp3) is 0.440. The van der Waals surface area contributed by atoms with Gasteiger partial charge in [-0.15, -0.1) is 0 Å². The van der Waals surface area contributed by atoms with E-state index in [1.807, 2.05) is 30.3 Å². The predicted molar refractivity (Wildman–Crippen MR) is 127 cm³/mol. The van der Waals surface area contributed by atoms with Crippen molar-refractivity contribution in [3.05, 3.63) is 71.3 Å². The van der Waals surface area contributed by atoms with E-state index in [-0.39, 0.29) is 16.5 Å². The highest BCUT2D eigenvalue weighted by Gasteiger charge is 2.49. The second kappa shape index (κ2) is 10.3. The number of hydrogen-bond donors (Lipinski definition) is 0. The van der Waals surface area contributed by atoms with Gasteiger partial charge in [-0.3, -0.25) is 4.79 Å². The zero-order valence-electron chi connectivity index (χ0n) is 19.0. The number of ether oxygens (including phenoxy) is 1. The Morgan fingerprint density at radius 1 is 1.18 bits per heavy atom. The largest absolute Gasteiger partial charge is 0.372 e. The van der Waals surface area contributed by atoms with Crippen LogP contribution in [0.4, 0.5) is 8.78 Å². The number of benzene rings is 2. The molecule has 2 aromatic carbocycles. The summed E-state index contributed by atoms with van der Waals surface area (Å²) in [5, 5.41) is 6.29. The van der Waals surface area contributed by atoms with Gasteiger partial charge in [0.25, 0.3) is 5.91 Å². The SMILES string of the molecule is CO[C@@H](C)C(=O)N1N=C(c2cc(F)ccc2F)SC1(CCCN1CCCC1)c1ccccc1. The molecule has 33 heavy (non-hydrogen) atoms. The summed E-state index contributed by atoms with van der Waals surface area (Å²) in [6, 6.07) is 13.0. The summed E-state index contributed by atoms with van der Waals surface area (Å²) in [4.78, 5) is 15.0. The number of carbonyl (C=O) groups is 1. The monoisotopic (exact) mass is 473 g/mol. The van der Waals surface area contributed by atoms with Crippen molar-refractivity contribution in [3.63, 3.8) is 0 Å². The molecule has 5 nitrogen and oxygen atoms in total. The van der Waals surface area contributed by atoms with E-state index in [4.69, 9.17) is 4.74 Å². The zero-order valence-corrected chi connectivity index (χ0v) is 19.8. The van der Waals surface area contributed by atoms with E-state index in [1.165, 1.54) is 36.7 Å². The first-order valence-electron chi connectivity index (χ1n) is 11.3. The third-order valence-electron chi connectivity index (χ3n) is 6.28. The lowest BCUT2D eigenvalue weighted by molar-refractivity contribution is -0.144. The van der Waals surface area contributed by atoms with Gasteiger partial charge in [-0.1, -0.05) is 42.1 Å². The van der Waals surface area contributed by atoms with Gasteiger partial charge in [0.05, 0.1) is 0 Å². The summed E-state index contributed by atoms with van der Waals surface area (Å²) in [5.41, 5.74) is 0.948. The number of hydrogen-bond acceptors (Lipinski definition) is 5. The topological polar surface area (TPSA) is 45.1 Å². The number of thioether (sulfide) groups is 1. The van der Waals surface area contributed by atoms with Crippen molar-refractivity contribution in [2.75, 3.05) is 26.7 Å². The molecule has 0 aromatic heterocycles. The van der Waals surface area contributed by atoms with Crippen molar-refractivity contribution in [1.29, 1.82) is 0 Å². The fourth-order valence-corrected chi connectivity index (χ4v) is 5.82. The van der Waals surface area contributed by atoms with Gasteiger partial charge < -0.3 is 9.64 Å². The average Bonchev–Trinajstić information content (AvgIpc) is 3.49. The summed E-state index contributed by atoms with van der Waals surface area (Å²) in [5.74, 6) is -1.44. The van der Waals surface area contributed by atoms with Gasteiger partial charge in [-0.05, 0) is 76.0 Å². The predicted octanol–water partition coefficient (Wildman–Crippen LogP) is 4.97. The lowest BCUT2D eigenvalue weighted by Crippen LogP contribution is -2.46. The average molecular weight is 474 g/mol. The minimum atomic E-state index is -0.876. The summed E-state index contributed by atoms with van der Waals surface area (Å²) in [6.45, 7) is 4.76. The smallest absolute Gasteiger partial charge is 0.273 e. The lowest BCUT2D eigenvalue weighted by atomic mass is 9.99. The summed E-state index contributed by atoms with van der Waals surface area (Å²) < 4.78 is 34.0. The third-order valence-corrected chi connectivity index (χ3v) is 7.73. The zero-order chi connectivity index (χ0) is 23.4. The van der Waals surface area contributed by atoms with Crippen LogP contribution in [0.2, 0.25) is 0 Å². The molecule has 0 spiro atoms. The lowest BCUT2D eigenvalue weighted by Gasteiger charge is -2.37. The molecule has 0 radical (unpaired) electrons. The molecule has 0 N–H and O–H groups in total. The molecular weight excluding hydrogens is 444 g/mol. The van der Waals surface area contributed by atoms with Gasteiger partial charge in [-0.25, -0.2) is 13.8 Å². The Balaban J connectivity index is 1.74. The minimum Gasteiger partial charge on any atom is -0.372 e. The molecule has 4 rings (SSSR count). The number of likely N-dealkylation sites (tertiary alicyclic amines) is 1. The fourth-order valence-electron chi connectivity index (χ4n) is 4.40. The van der Waals surface area contributed by atoms with Crippen molar-refractivity contribution in [3.8, 4) is 0 Å². The van der Waals surface area contributed by atoms with Crippen molar-refractivity contribution < 1.29 is 18.3 Å². The molecule has 0 aliphatic carbocycles. The summed E-state index contributed by atoms with van der Waals surface area (Å²) in [6.07, 6.45) is 3.14. The first kappa shape index (κ1) is 23.9. The van der Waals surface area contributed by atoms with Gasteiger partial charge in [0, 0.05) is 12.7 Å². The van der Waals surface area contributed by atoms with E-state index in [9.17, 15) is 13.6 Å². The number of carbonyl (C=O) groups excluding carboxylic acids is 1. The summed E-state index contributed by atoms with van der Waals surface area (Å²) in [7, 11) is 1.47. The number of hydrazone groups is 1. The van der Waals surface area contributed by atoms with Crippen LogP contribution < -0.4 is 0 Å². The number of rotatable bonds is 8. The first-order chi connectivity index (χ1) is 15.9. The molecule has 0 bridgehead atoms. The standard InChI is InChI=1S/C25H29F2N3O2S/c1-18(32-2)24(31)30-25(19-9-4-3-5-10-19,13-8-16-29-14-6-7-15-29)33-23(28-30)21-17-20(26)11-12-22(21)27/h3-5,9-12,17-18H,6-8,13-16H2,1-2H3/t18-,25?/m0/s1. The maximum atomic E-state index is 14.7. The van der Waals surface area contributed by atoms with Gasteiger partial charge in [-0.2, -0.15) is 5.10 Å². The van der Waals surface area contributed by atoms with Gasteiger partial charge >= 0.3 is 0 Å². The Kier molecular flexibility index (Phi) is 7.46. The highest BCUT2D eigenvalue weighted by molar-refractivity contribution is 8.15. The molecule has 2 aliphatic heterocycles. The Bertz CT molecular complexity index is 1010. The highest BCUT2D eigenvalue weighted by atomic mass is 32.2. The van der Waals surface area contributed by atoms with Gasteiger partial charge in [0.2, 0.25) is 0 Å². The molecule has 2 aromatic rings. The van der Waals surface area contributed by atoms with E-state index in [2.05, 4.69) is 10.0 Å². The quantitative estimate of drug-likeness (QED) is 0.543. The summed E-state index contributed by atoms with van der Waals surface area (Å²) >= 11 is 1.31. The number of amides is 1. The Labute approximate surface area is 197 Å². The second-order valence-corrected chi connectivity index (χ2v) is 9.73. The van der Waals surface area contributed by atoms with E-state index in [0.717, 1.165) is 49.8 Å². The van der Waals surface area contributed by atoms with Gasteiger partial charge in [0.1, 0.15) is 27.7 Å². The van der Waals surface area contributed by atoms with Crippen molar-refractivity contribution in [2.45, 2.75) is 43.6 Å². The van der Waals surface area contributed by atoms with Crippen molar-refractivity contribution >= 4 is 22.7 Å². The number of halogens is 2. The molecule has 0 saturated carbocycles. The molecule has 2 atom stereocenters. The minimum absolute atomic E-state index is 0.0558. The van der Waals surface area contributed by atoms with Crippen LogP contribution in [0.5, 0.6) is 0 Å².